The molecule has 1 heterocycles. The minimum absolute atomic E-state index is 0.00317. The highest BCUT2D eigenvalue weighted by molar-refractivity contribution is 6.38. The molecule has 1 saturated carbocycles. The molecule has 15 nitrogen and oxygen atoms in total. The van der Waals surface area contributed by atoms with E-state index in [-0.39, 0.29) is 48.8 Å². The van der Waals surface area contributed by atoms with Gasteiger partial charge in [0.1, 0.15) is 18.1 Å². The van der Waals surface area contributed by atoms with Gasteiger partial charge in [-0.05, 0) is 42.4 Å². The Morgan fingerprint density at radius 1 is 0.738 bits per heavy atom. The molecular weight excluding hydrogens is 829 g/mol. The smallest absolute Gasteiger partial charge is 0.290 e. The fourth-order valence-electron chi connectivity index (χ4n) is 8.48. The highest BCUT2D eigenvalue weighted by Crippen LogP contribution is 2.31. The second-order valence-electron chi connectivity index (χ2n) is 16.5. The molecule has 340 valence electrons. The Balaban J connectivity index is 1.20. The zero-order valence-electron chi connectivity index (χ0n) is 36.4. The third-order valence-corrected chi connectivity index (χ3v) is 11.9. The lowest BCUT2D eigenvalue weighted by Crippen LogP contribution is -2.58. The molecule has 6 amide bonds. The van der Waals surface area contributed by atoms with Crippen LogP contribution in [0, 0.1) is 5.92 Å². The number of likely N-dealkylation sites (tertiary alicyclic amines) is 1. The van der Waals surface area contributed by atoms with Gasteiger partial charge in [0.15, 0.2) is 5.78 Å². The van der Waals surface area contributed by atoms with E-state index in [2.05, 4.69) is 21.3 Å². The first-order valence-corrected chi connectivity index (χ1v) is 22.2. The van der Waals surface area contributed by atoms with Crippen LogP contribution in [-0.4, -0.2) is 89.2 Å². The third kappa shape index (κ3) is 12.6. The number of rotatable bonds is 20. The van der Waals surface area contributed by atoms with E-state index in [9.17, 15) is 33.6 Å². The molecule has 0 aromatic heterocycles. The molecule has 6 rings (SSSR count). The Hall–Kier alpha value is -7.00. The van der Waals surface area contributed by atoms with Crippen LogP contribution in [0.2, 0.25) is 0 Å². The van der Waals surface area contributed by atoms with E-state index in [0.717, 1.165) is 24.8 Å². The van der Waals surface area contributed by atoms with Crippen LogP contribution in [0.3, 0.4) is 0 Å². The Labute approximate surface area is 378 Å². The van der Waals surface area contributed by atoms with Gasteiger partial charge in [-0.2, -0.15) is 0 Å². The van der Waals surface area contributed by atoms with Crippen LogP contribution >= 0.6 is 0 Å². The fourth-order valence-corrected chi connectivity index (χ4v) is 8.48. The standard InChI is InChI=1S/C50H56N6O9/c1-2-17-39(45(59)49(63)52-29-41(57)54-42(46(51)60)33-20-9-4-10-21-33)53-48(62)40-28-36(65-31-32-18-7-3-8-19-32)30-56(40)50(64)43(34-22-11-5-12-23-34)55-47(61)38-27-16-15-26-37(38)44(58)35-24-13-6-14-25-35/h3-4,6-10,13-16,18-21,24-27,34,36,39-40,42-43H,2,5,11-12,17,22-23,28-31H2,1H3,(H2,51,60)(H,52,63)(H,53,62)(H,54,57)(H,55,61). The lowest BCUT2D eigenvalue weighted by atomic mass is 9.83. The van der Waals surface area contributed by atoms with Gasteiger partial charge in [0.05, 0.1) is 30.9 Å². The van der Waals surface area contributed by atoms with E-state index in [4.69, 9.17) is 10.5 Å². The minimum Gasteiger partial charge on any atom is -0.372 e. The zero-order chi connectivity index (χ0) is 46.3. The van der Waals surface area contributed by atoms with Gasteiger partial charge in [0, 0.05) is 24.1 Å². The van der Waals surface area contributed by atoms with Crippen molar-refractivity contribution >= 4 is 47.0 Å². The van der Waals surface area contributed by atoms with Crippen molar-refractivity contribution in [2.24, 2.45) is 11.7 Å². The molecule has 1 saturated heterocycles. The second-order valence-corrected chi connectivity index (χ2v) is 16.5. The fraction of sp³-hybridized carbons (Fsp3) is 0.360. The number of primary amides is 1. The number of hydrogen-bond donors (Lipinski definition) is 5. The van der Waals surface area contributed by atoms with Crippen molar-refractivity contribution in [1.29, 1.82) is 0 Å². The Morgan fingerprint density at radius 3 is 2.00 bits per heavy atom. The van der Waals surface area contributed by atoms with Crippen LogP contribution in [0.25, 0.3) is 0 Å². The first-order valence-electron chi connectivity index (χ1n) is 22.2. The van der Waals surface area contributed by atoms with E-state index in [1.165, 1.54) is 4.90 Å². The number of hydrogen-bond acceptors (Lipinski definition) is 9. The molecule has 1 aliphatic carbocycles. The molecule has 5 atom stereocenters. The predicted molar refractivity (Wildman–Crippen MR) is 241 cm³/mol. The van der Waals surface area contributed by atoms with Crippen LogP contribution in [0.1, 0.15) is 102 Å². The van der Waals surface area contributed by atoms with E-state index in [1.54, 1.807) is 91.9 Å². The summed E-state index contributed by atoms with van der Waals surface area (Å²) in [6, 6.07) is 28.0. The molecule has 15 heteroatoms. The van der Waals surface area contributed by atoms with E-state index < -0.39 is 78.0 Å². The van der Waals surface area contributed by atoms with Gasteiger partial charge in [-0.15, -0.1) is 0 Å². The van der Waals surface area contributed by atoms with Gasteiger partial charge in [0.25, 0.3) is 11.8 Å². The molecule has 1 aliphatic heterocycles. The summed E-state index contributed by atoms with van der Waals surface area (Å²) in [7, 11) is 0. The Morgan fingerprint density at radius 2 is 1.35 bits per heavy atom. The maximum Gasteiger partial charge on any atom is 0.290 e. The SMILES string of the molecule is CCCC(NC(=O)C1CC(OCc2ccccc2)CN1C(=O)C(NC(=O)c1ccccc1C(=O)c1ccccc1)C1CCCCC1)C(=O)C(=O)NCC(=O)NC(C(N)=O)c1ccccc1. The van der Waals surface area contributed by atoms with E-state index >= 15 is 4.79 Å². The monoisotopic (exact) mass is 884 g/mol. The minimum atomic E-state index is -1.31. The summed E-state index contributed by atoms with van der Waals surface area (Å²) in [5, 5.41) is 10.4. The number of carbonyl (C=O) groups is 8. The first kappa shape index (κ1) is 47.5. The molecule has 4 aromatic rings. The lowest BCUT2D eigenvalue weighted by molar-refractivity contribution is -0.143. The maximum absolute atomic E-state index is 15.0. The van der Waals surface area contributed by atoms with Crippen LogP contribution < -0.4 is 27.0 Å². The summed E-state index contributed by atoms with van der Waals surface area (Å²) in [5.74, 6) is -6.16. The van der Waals surface area contributed by atoms with Crippen LogP contribution in [-0.2, 0) is 40.1 Å². The molecule has 0 spiro atoms. The Kier molecular flexibility index (Phi) is 16.9. The topological polar surface area (TPSA) is 223 Å². The highest BCUT2D eigenvalue weighted by Gasteiger charge is 2.45. The number of carbonyl (C=O) groups excluding carboxylic acids is 8. The van der Waals surface area contributed by atoms with Gasteiger partial charge in [-0.1, -0.05) is 142 Å². The quantitative estimate of drug-likeness (QED) is 0.0636. The molecule has 0 bridgehead atoms. The molecule has 4 aromatic carbocycles. The number of amides is 6. The molecule has 0 radical (unpaired) electrons. The maximum atomic E-state index is 15.0. The summed E-state index contributed by atoms with van der Waals surface area (Å²) in [4.78, 5) is 110. The number of ether oxygens (including phenoxy) is 1. The number of nitrogens with two attached hydrogens (primary N) is 1. The average molecular weight is 885 g/mol. The molecule has 6 N–H and O–H groups in total. The zero-order valence-corrected chi connectivity index (χ0v) is 36.4. The molecular formula is C50H56N6O9. The predicted octanol–water partition coefficient (Wildman–Crippen LogP) is 4.10. The number of nitrogens with zero attached hydrogens (tertiary/aromatic N) is 1. The van der Waals surface area contributed by atoms with Gasteiger partial charge in [0.2, 0.25) is 29.4 Å². The highest BCUT2D eigenvalue weighted by atomic mass is 16.5. The van der Waals surface area contributed by atoms with Crippen LogP contribution in [0.4, 0.5) is 0 Å². The largest absolute Gasteiger partial charge is 0.372 e. The molecule has 2 fully saturated rings. The summed E-state index contributed by atoms with van der Waals surface area (Å²) in [6.07, 6.45) is 3.85. The van der Waals surface area contributed by atoms with Gasteiger partial charge in [-0.3, -0.25) is 38.4 Å². The summed E-state index contributed by atoms with van der Waals surface area (Å²) in [5.41, 5.74) is 7.51. The van der Waals surface area contributed by atoms with Crippen molar-refractivity contribution < 1.29 is 43.1 Å². The summed E-state index contributed by atoms with van der Waals surface area (Å²) in [6.45, 7) is 1.32. The van der Waals surface area contributed by atoms with Gasteiger partial charge < -0.3 is 36.6 Å². The van der Waals surface area contributed by atoms with Crippen molar-refractivity contribution in [2.75, 3.05) is 13.1 Å². The van der Waals surface area contributed by atoms with Crippen LogP contribution in [0.15, 0.2) is 115 Å². The van der Waals surface area contributed by atoms with Crippen molar-refractivity contribution in [1.82, 2.24) is 26.2 Å². The van der Waals surface area contributed by atoms with E-state index in [1.807, 2.05) is 30.3 Å². The summed E-state index contributed by atoms with van der Waals surface area (Å²) >= 11 is 0. The van der Waals surface area contributed by atoms with E-state index in [0.29, 0.717) is 30.4 Å². The average Bonchev–Trinajstić information content (AvgIpc) is 3.78. The van der Waals surface area contributed by atoms with Crippen molar-refractivity contribution in [3.05, 3.63) is 143 Å². The number of ketones is 2. The van der Waals surface area contributed by atoms with Gasteiger partial charge >= 0.3 is 0 Å². The summed E-state index contributed by atoms with van der Waals surface area (Å²) < 4.78 is 6.28. The Bertz CT molecular complexity index is 2320. The normalized spacial score (nSPS) is 17.5. The van der Waals surface area contributed by atoms with Crippen molar-refractivity contribution in [2.45, 2.75) is 95.2 Å². The molecule has 5 unspecified atom stereocenters. The lowest BCUT2D eigenvalue weighted by Gasteiger charge is -2.35. The molecule has 2 aliphatic rings. The van der Waals surface area contributed by atoms with Crippen LogP contribution in [0.5, 0.6) is 0 Å². The first-order chi connectivity index (χ1) is 31.4. The number of Topliss-reactive ketones (excluding diaryl/α,β-unsaturated/α-hetero) is 1. The van der Waals surface area contributed by atoms with Crippen molar-refractivity contribution in [3.8, 4) is 0 Å². The third-order valence-electron chi connectivity index (χ3n) is 11.9. The van der Waals surface area contributed by atoms with Crippen molar-refractivity contribution in [3.63, 3.8) is 0 Å². The second kappa shape index (κ2) is 23.1. The number of benzene rings is 4. The number of nitrogens with one attached hydrogen (secondary N) is 4. The van der Waals surface area contributed by atoms with Gasteiger partial charge in [-0.25, -0.2) is 0 Å². The molecule has 65 heavy (non-hydrogen) atoms.